The molecule has 1 heteroatoms. The van der Waals surface area contributed by atoms with Crippen LogP contribution in [0.1, 0.15) is 63.5 Å². The third kappa shape index (κ3) is 3.76. The smallest absolute Gasteiger partial charge is 0.118 e. The minimum Gasteiger partial charge on any atom is -0.508 e. The summed E-state index contributed by atoms with van der Waals surface area (Å²) in [5, 5.41) is 9.48. The van der Waals surface area contributed by atoms with E-state index in [1.54, 1.807) is 0 Å². The predicted octanol–water partition coefficient (Wildman–Crippen LogP) is 5.02. The summed E-state index contributed by atoms with van der Waals surface area (Å²) >= 11 is 0. The van der Waals surface area contributed by atoms with Crippen LogP contribution < -0.4 is 0 Å². The van der Waals surface area contributed by atoms with Gasteiger partial charge in [0.05, 0.1) is 0 Å². The third-order valence-corrected chi connectivity index (χ3v) is 3.71. The number of rotatable bonds is 1. The van der Waals surface area contributed by atoms with E-state index in [2.05, 4.69) is 19.1 Å². The summed E-state index contributed by atoms with van der Waals surface area (Å²) in [6.07, 6.45) is 5.33. The lowest BCUT2D eigenvalue weighted by molar-refractivity contribution is 0.347. The Kier molecular flexibility index (Phi) is 5.54. The molecule has 1 aromatic rings. The predicted molar refractivity (Wildman–Crippen MR) is 74.6 cm³/mol. The summed E-state index contributed by atoms with van der Waals surface area (Å²) in [6.45, 7) is 8.32. The van der Waals surface area contributed by atoms with Crippen LogP contribution >= 0.6 is 0 Å². The summed E-state index contributed by atoms with van der Waals surface area (Å²) in [6, 6.07) is 6.07. The van der Waals surface area contributed by atoms with E-state index in [0.29, 0.717) is 5.75 Å². The van der Waals surface area contributed by atoms with Gasteiger partial charge in [-0.25, -0.2) is 0 Å². The summed E-state index contributed by atoms with van der Waals surface area (Å²) < 4.78 is 0. The minimum atomic E-state index is 0.419. The molecule has 96 valence electrons. The van der Waals surface area contributed by atoms with Crippen LogP contribution in [-0.2, 0) is 0 Å². The first kappa shape index (κ1) is 14.1. The first-order valence-electron chi connectivity index (χ1n) is 6.96. The third-order valence-electron chi connectivity index (χ3n) is 3.71. The van der Waals surface area contributed by atoms with Gasteiger partial charge in [-0.2, -0.15) is 0 Å². The Balaban J connectivity index is 0.000000686. The summed E-state index contributed by atoms with van der Waals surface area (Å²) in [7, 11) is 0. The van der Waals surface area contributed by atoms with Crippen molar-refractivity contribution < 1.29 is 5.11 Å². The zero-order chi connectivity index (χ0) is 12.8. The Morgan fingerprint density at radius 3 is 2.18 bits per heavy atom. The number of benzene rings is 1. The average Bonchev–Trinajstić information content (AvgIpc) is 2.36. The first-order chi connectivity index (χ1) is 8.16. The van der Waals surface area contributed by atoms with Crippen molar-refractivity contribution in [1.29, 1.82) is 0 Å². The van der Waals surface area contributed by atoms with E-state index in [-0.39, 0.29) is 0 Å². The number of phenolic OH excluding ortho intramolecular Hbond substituents is 1. The van der Waals surface area contributed by atoms with Crippen LogP contribution in [0.5, 0.6) is 5.75 Å². The highest BCUT2D eigenvalue weighted by molar-refractivity contribution is 5.36. The quantitative estimate of drug-likeness (QED) is 0.723. The van der Waals surface area contributed by atoms with Gasteiger partial charge in [-0.1, -0.05) is 45.7 Å². The van der Waals surface area contributed by atoms with Gasteiger partial charge in [-0.15, -0.1) is 0 Å². The topological polar surface area (TPSA) is 20.2 Å². The molecule has 1 aliphatic rings. The van der Waals surface area contributed by atoms with Crippen molar-refractivity contribution in [1.82, 2.24) is 0 Å². The van der Waals surface area contributed by atoms with Gasteiger partial charge < -0.3 is 5.11 Å². The van der Waals surface area contributed by atoms with Crippen LogP contribution in [0, 0.1) is 12.8 Å². The van der Waals surface area contributed by atoms with Crippen LogP contribution in [0.2, 0.25) is 0 Å². The Hall–Kier alpha value is -0.980. The summed E-state index contributed by atoms with van der Waals surface area (Å²) in [5.74, 6) is 2.04. The number of phenols is 1. The van der Waals surface area contributed by atoms with Gasteiger partial charge in [0.2, 0.25) is 0 Å². The molecule has 17 heavy (non-hydrogen) atoms. The number of aromatic hydroxyl groups is 1. The summed E-state index contributed by atoms with van der Waals surface area (Å²) in [4.78, 5) is 0. The standard InChI is InChI=1S/C14H20O.C2H6/c1-10-3-5-12(6-4-10)13-7-8-14(15)11(2)9-13;1-2/h7-10,12,15H,3-6H2,1-2H3;1-2H3. The molecule has 1 fully saturated rings. The molecule has 0 spiro atoms. The lowest BCUT2D eigenvalue weighted by atomic mass is 9.79. The Morgan fingerprint density at radius 1 is 1.06 bits per heavy atom. The van der Waals surface area contributed by atoms with Crippen LogP contribution in [0.25, 0.3) is 0 Å². The normalized spacial score (nSPS) is 23.8. The van der Waals surface area contributed by atoms with Crippen molar-refractivity contribution in [3.05, 3.63) is 29.3 Å². The fourth-order valence-corrected chi connectivity index (χ4v) is 2.53. The average molecular weight is 234 g/mol. The number of aryl methyl sites for hydroxylation is 1. The first-order valence-corrected chi connectivity index (χ1v) is 6.96. The Morgan fingerprint density at radius 2 is 1.65 bits per heavy atom. The molecule has 0 atom stereocenters. The van der Waals surface area contributed by atoms with Crippen molar-refractivity contribution in [3.8, 4) is 5.75 Å². The lowest BCUT2D eigenvalue weighted by Crippen LogP contribution is -2.10. The maximum Gasteiger partial charge on any atom is 0.118 e. The molecule has 0 aliphatic heterocycles. The molecule has 0 unspecified atom stereocenters. The molecular formula is C16H26O. The summed E-state index contributed by atoms with van der Waals surface area (Å²) in [5.41, 5.74) is 2.42. The molecule has 0 aromatic heterocycles. The van der Waals surface area contributed by atoms with Crippen molar-refractivity contribution in [2.24, 2.45) is 5.92 Å². The van der Waals surface area contributed by atoms with Gasteiger partial charge in [0.25, 0.3) is 0 Å². The van der Waals surface area contributed by atoms with Gasteiger partial charge in [-0.05, 0) is 48.8 Å². The second-order valence-electron chi connectivity index (χ2n) is 5.00. The van der Waals surface area contributed by atoms with E-state index in [4.69, 9.17) is 0 Å². The second-order valence-corrected chi connectivity index (χ2v) is 5.00. The maximum atomic E-state index is 9.48. The van der Waals surface area contributed by atoms with Crippen molar-refractivity contribution in [2.75, 3.05) is 0 Å². The molecule has 0 saturated heterocycles. The van der Waals surface area contributed by atoms with Gasteiger partial charge in [0.15, 0.2) is 0 Å². The van der Waals surface area contributed by atoms with Gasteiger partial charge >= 0.3 is 0 Å². The van der Waals surface area contributed by atoms with E-state index < -0.39 is 0 Å². The fraction of sp³-hybridized carbons (Fsp3) is 0.625. The SMILES string of the molecule is CC.Cc1cc(C2CCC(C)CC2)ccc1O. The van der Waals surface area contributed by atoms with Crippen molar-refractivity contribution in [2.45, 2.75) is 59.3 Å². The monoisotopic (exact) mass is 234 g/mol. The highest BCUT2D eigenvalue weighted by Crippen LogP contribution is 2.36. The molecule has 0 heterocycles. The molecule has 0 amide bonds. The van der Waals surface area contributed by atoms with Gasteiger partial charge in [0, 0.05) is 0 Å². The van der Waals surface area contributed by atoms with Crippen LogP contribution in [-0.4, -0.2) is 5.11 Å². The van der Waals surface area contributed by atoms with E-state index >= 15 is 0 Å². The molecule has 2 rings (SSSR count). The van der Waals surface area contributed by atoms with Gasteiger partial charge in [0.1, 0.15) is 5.75 Å². The van der Waals surface area contributed by atoms with Crippen LogP contribution in [0.4, 0.5) is 0 Å². The maximum absolute atomic E-state index is 9.48. The molecule has 1 nitrogen and oxygen atoms in total. The van der Waals surface area contributed by atoms with E-state index in [0.717, 1.165) is 17.4 Å². The van der Waals surface area contributed by atoms with Gasteiger partial charge in [-0.3, -0.25) is 0 Å². The second kappa shape index (κ2) is 6.68. The van der Waals surface area contributed by atoms with E-state index in [1.165, 1.54) is 31.2 Å². The highest BCUT2D eigenvalue weighted by atomic mass is 16.3. The number of hydrogen-bond donors (Lipinski definition) is 1. The fourth-order valence-electron chi connectivity index (χ4n) is 2.53. The van der Waals surface area contributed by atoms with Crippen molar-refractivity contribution >= 4 is 0 Å². The zero-order valence-electron chi connectivity index (χ0n) is 11.7. The molecule has 1 saturated carbocycles. The zero-order valence-corrected chi connectivity index (χ0v) is 11.7. The number of hydrogen-bond acceptors (Lipinski definition) is 1. The molecule has 1 aromatic carbocycles. The van der Waals surface area contributed by atoms with Crippen LogP contribution in [0.15, 0.2) is 18.2 Å². The molecule has 1 N–H and O–H groups in total. The van der Waals surface area contributed by atoms with E-state index in [1.807, 2.05) is 26.8 Å². The molecule has 0 radical (unpaired) electrons. The van der Waals surface area contributed by atoms with Crippen LogP contribution in [0.3, 0.4) is 0 Å². The molecular weight excluding hydrogens is 208 g/mol. The largest absolute Gasteiger partial charge is 0.508 e. The van der Waals surface area contributed by atoms with E-state index in [9.17, 15) is 5.11 Å². The Labute approximate surface area is 106 Å². The van der Waals surface area contributed by atoms with Crippen molar-refractivity contribution in [3.63, 3.8) is 0 Å². The molecule has 0 bridgehead atoms. The molecule has 1 aliphatic carbocycles. The lowest BCUT2D eigenvalue weighted by Gasteiger charge is -2.26. The minimum absolute atomic E-state index is 0.419. The Bertz CT molecular complexity index is 335. The highest BCUT2D eigenvalue weighted by Gasteiger charge is 2.19.